The Bertz CT molecular complexity index is 879. The second-order valence-corrected chi connectivity index (χ2v) is 7.30. The Kier molecular flexibility index (Phi) is 4.04. The monoisotopic (exact) mass is 351 g/mol. The summed E-state index contributed by atoms with van der Waals surface area (Å²) in [5.41, 5.74) is 0.688. The van der Waals surface area contributed by atoms with Gasteiger partial charge in [0, 0.05) is 24.6 Å². The Labute approximate surface area is 139 Å². The molecular weight excluding hydrogens is 338 g/mol. The lowest BCUT2D eigenvalue weighted by Gasteiger charge is -2.30. The van der Waals surface area contributed by atoms with Crippen molar-refractivity contribution in [2.45, 2.75) is 11.3 Å². The van der Waals surface area contributed by atoms with E-state index in [1.54, 1.807) is 30.3 Å². The molecule has 2 aromatic carbocycles. The van der Waals surface area contributed by atoms with Gasteiger partial charge in [0.25, 0.3) is 10.0 Å². The molecule has 0 unspecified atom stereocenters. The van der Waals surface area contributed by atoms with Crippen LogP contribution in [0.1, 0.15) is 16.8 Å². The fraction of sp³-hybridized carbons (Fsp3) is 0.188. The van der Waals surface area contributed by atoms with Crippen LogP contribution in [0.25, 0.3) is 0 Å². The Hall–Kier alpha value is -2.05. The summed E-state index contributed by atoms with van der Waals surface area (Å²) < 4.78 is 32.3. The maximum atomic E-state index is 13.0. The van der Waals surface area contributed by atoms with Crippen molar-refractivity contribution in [2.24, 2.45) is 0 Å². The minimum absolute atomic E-state index is 0.0183. The van der Waals surface area contributed by atoms with Crippen LogP contribution >= 0.6 is 11.6 Å². The van der Waals surface area contributed by atoms with E-state index in [0.717, 1.165) is 0 Å². The zero-order valence-corrected chi connectivity index (χ0v) is 13.9. The molecule has 0 spiro atoms. The van der Waals surface area contributed by atoms with Gasteiger partial charge in [0.15, 0.2) is 5.78 Å². The molecular formula is C16H14ClNO4S. The number of rotatable bonds is 3. The first-order valence-electron chi connectivity index (χ1n) is 6.93. The predicted octanol–water partition coefficient (Wildman–Crippen LogP) is 3.13. The van der Waals surface area contributed by atoms with Crippen LogP contribution in [0.3, 0.4) is 0 Å². The van der Waals surface area contributed by atoms with Crippen LogP contribution in [0.2, 0.25) is 5.02 Å². The number of nitrogens with zero attached hydrogens (tertiary/aromatic N) is 1. The van der Waals surface area contributed by atoms with Gasteiger partial charge >= 0.3 is 0 Å². The molecule has 0 amide bonds. The largest absolute Gasteiger partial charge is 0.497 e. The molecule has 2 aromatic rings. The molecule has 7 heteroatoms. The highest BCUT2D eigenvalue weighted by Gasteiger charge is 2.33. The van der Waals surface area contributed by atoms with E-state index in [-0.39, 0.29) is 28.7 Å². The number of fused-ring (bicyclic) bond motifs is 1. The predicted molar refractivity (Wildman–Crippen MR) is 87.9 cm³/mol. The number of hydrogen-bond donors (Lipinski definition) is 0. The van der Waals surface area contributed by atoms with Gasteiger partial charge in [-0.05, 0) is 24.3 Å². The number of ketones is 1. The van der Waals surface area contributed by atoms with Gasteiger partial charge in [-0.1, -0.05) is 23.7 Å². The van der Waals surface area contributed by atoms with Gasteiger partial charge in [0.1, 0.15) is 10.6 Å². The molecule has 0 atom stereocenters. The molecule has 0 radical (unpaired) electrons. The lowest BCUT2D eigenvalue weighted by molar-refractivity contribution is 0.0982. The molecule has 5 nitrogen and oxygen atoms in total. The summed E-state index contributed by atoms with van der Waals surface area (Å²) in [6.45, 7) is 0.0759. The summed E-state index contributed by atoms with van der Waals surface area (Å²) in [5, 5.41) is 0.147. The summed E-state index contributed by atoms with van der Waals surface area (Å²) >= 11 is 6.04. The Morgan fingerprint density at radius 2 is 1.91 bits per heavy atom. The molecule has 0 aromatic heterocycles. The number of ether oxygens (including phenoxy) is 1. The average molecular weight is 352 g/mol. The van der Waals surface area contributed by atoms with Gasteiger partial charge in [-0.2, -0.15) is 0 Å². The molecule has 23 heavy (non-hydrogen) atoms. The summed E-state index contributed by atoms with van der Waals surface area (Å²) in [7, 11) is -2.38. The van der Waals surface area contributed by atoms with E-state index in [0.29, 0.717) is 17.0 Å². The molecule has 0 fully saturated rings. The van der Waals surface area contributed by atoms with E-state index in [2.05, 4.69) is 0 Å². The number of carbonyl (C=O) groups excluding carboxylic acids is 1. The number of hydrogen-bond acceptors (Lipinski definition) is 4. The standard InChI is InChI=1S/C16H14ClNO4S/c1-22-11-6-7-12-14(10-11)18(9-8-15(12)19)23(20,21)16-5-3-2-4-13(16)17/h2-7,10H,8-9H2,1H3. The Morgan fingerprint density at radius 3 is 2.61 bits per heavy atom. The van der Waals surface area contributed by atoms with E-state index in [1.165, 1.54) is 23.5 Å². The SMILES string of the molecule is COc1ccc2c(c1)N(S(=O)(=O)c1ccccc1Cl)CCC2=O. The van der Waals surface area contributed by atoms with Gasteiger partial charge in [-0.3, -0.25) is 9.10 Å². The number of sulfonamides is 1. The molecule has 0 N–H and O–H groups in total. The smallest absolute Gasteiger partial charge is 0.265 e. The van der Waals surface area contributed by atoms with Crippen molar-refractivity contribution in [3.8, 4) is 5.75 Å². The number of benzene rings is 2. The van der Waals surface area contributed by atoms with Crippen molar-refractivity contribution < 1.29 is 17.9 Å². The number of carbonyl (C=O) groups is 1. The third-order valence-electron chi connectivity index (χ3n) is 3.72. The summed E-state index contributed by atoms with van der Waals surface area (Å²) in [6, 6.07) is 11.0. The minimum atomic E-state index is -3.86. The van der Waals surface area contributed by atoms with Gasteiger partial charge in [0.2, 0.25) is 0 Å². The van der Waals surface area contributed by atoms with Crippen molar-refractivity contribution in [3.05, 3.63) is 53.1 Å². The first-order chi connectivity index (χ1) is 10.9. The third-order valence-corrected chi connectivity index (χ3v) is 6.03. The average Bonchev–Trinajstić information content (AvgIpc) is 2.54. The van der Waals surface area contributed by atoms with Gasteiger partial charge < -0.3 is 4.74 Å². The normalized spacial score (nSPS) is 14.5. The van der Waals surface area contributed by atoms with Crippen LogP contribution in [0.15, 0.2) is 47.4 Å². The van der Waals surface area contributed by atoms with E-state index < -0.39 is 10.0 Å². The molecule has 0 bridgehead atoms. The number of anilines is 1. The Morgan fingerprint density at radius 1 is 1.17 bits per heavy atom. The zero-order valence-electron chi connectivity index (χ0n) is 12.3. The molecule has 120 valence electrons. The zero-order chi connectivity index (χ0) is 16.6. The molecule has 3 rings (SSSR count). The quantitative estimate of drug-likeness (QED) is 0.852. The highest BCUT2D eigenvalue weighted by molar-refractivity contribution is 7.93. The minimum Gasteiger partial charge on any atom is -0.497 e. The topological polar surface area (TPSA) is 63.7 Å². The van der Waals surface area contributed by atoms with Gasteiger partial charge in [-0.25, -0.2) is 8.42 Å². The third kappa shape index (κ3) is 2.68. The van der Waals surface area contributed by atoms with Crippen LogP contribution in [0.5, 0.6) is 5.75 Å². The van der Waals surface area contributed by atoms with Gasteiger partial charge in [-0.15, -0.1) is 0 Å². The lowest BCUT2D eigenvalue weighted by atomic mass is 10.0. The van der Waals surface area contributed by atoms with Crippen molar-refractivity contribution in [2.75, 3.05) is 18.0 Å². The fourth-order valence-corrected chi connectivity index (χ4v) is 4.53. The molecule has 0 saturated heterocycles. The van der Waals surface area contributed by atoms with Crippen LogP contribution in [-0.2, 0) is 10.0 Å². The molecule has 1 aliphatic heterocycles. The maximum absolute atomic E-state index is 13.0. The van der Waals surface area contributed by atoms with Crippen molar-refractivity contribution in [1.29, 1.82) is 0 Å². The summed E-state index contributed by atoms with van der Waals surface area (Å²) in [6.07, 6.45) is 0.128. The highest BCUT2D eigenvalue weighted by Crippen LogP contribution is 2.36. The molecule has 0 saturated carbocycles. The van der Waals surface area contributed by atoms with E-state index in [1.807, 2.05) is 0 Å². The number of methoxy groups -OCH3 is 1. The second-order valence-electron chi connectivity index (χ2n) is 5.06. The van der Waals surface area contributed by atoms with Crippen LogP contribution < -0.4 is 9.04 Å². The molecule has 1 heterocycles. The van der Waals surface area contributed by atoms with Crippen LogP contribution in [-0.4, -0.2) is 27.9 Å². The second kappa shape index (κ2) is 5.86. The summed E-state index contributed by atoms with van der Waals surface area (Å²) in [4.78, 5) is 12.1. The van der Waals surface area contributed by atoms with Crippen LogP contribution in [0, 0.1) is 0 Å². The van der Waals surface area contributed by atoms with Crippen LogP contribution in [0.4, 0.5) is 5.69 Å². The van der Waals surface area contributed by atoms with Crippen molar-refractivity contribution >= 4 is 33.1 Å². The highest BCUT2D eigenvalue weighted by atomic mass is 35.5. The number of Topliss-reactive ketones (excluding diaryl/α,β-unsaturated/α-hetero) is 1. The van der Waals surface area contributed by atoms with E-state index >= 15 is 0 Å². The first kappa shape index (κ1) is 15.8. The van der Waals surface area contributed by atoms with E-state index in [9.17, 15) is 13.2 Å². The number of halogens is 1. The summed E-state index contributed by atoms with van der Waals surface area (Å²) in [5.74, 6) is 0.395. The maximum Gasteiger partial charge on any atom is 0.265 e. The van der Waals surface area contributed by atoms with E-state index in [4.69, 9.17) is 16.3 Å². The first-order valence-corrected chi connectivity index (χ1v) is 8.75. The van der Waals surface area contributed by atoms with Gasteiger partial charge in [0.05, 0.1) is 17.8 Å². The van der Waals surface area contributed by atoms with Crippen molar-refractivity contribution in [1.82, 2.24) is 0 Å². The molecule has 1 aliphatic rings. The lowest BCUT2D eigenvalue weighted by Crippen LogP contribution is -2.37. The Balaban J connectivity index is 2.17. The van der Waals surface area contributed by atoms with Crippen molar-refractivity contribution in [3.63, 3.8) is 0 Å². The molecule has 0 aliphatic carbocycles. The fourth-order valence-electron chi connectivity index (χ4n) is 2.56.